The first-order chi connectivity index (χ1) is 4.56. The maximum atomic E-state index is 11.2. The van der Waals surface area contributed by atoms with Gasteiger partial charge in [0.15, 0.2) is 5.81 Å². The highest BCUT2D eigenvalue weighted by Gasteiger charge is 2.24. The van der Waals surface area contributed by atoms with E-state index in [0.717, 1.165) is 0 Å². The van der Waals surface area contributed by atoms with E-state index in [9.17, 15) is 4.57 Å². The van der Waals surface area contributed by atoms with Gasteiger partial charge in [0.1, 0.15) is 0 Å². The zero-order chi connectivity index (χ0) is 8.20. The molecule has 58 valence electrons. The predicted molar refractivity (Wildman–Crippen MR) is 38.5 cm³/mol. The van der Waals surface area contributed by atoms with Crippen molar-refractivity contribution in [2.24, 2.45) is 0 Å². The van der Waals surface area contributed by atoms with Crippen LogP contribution in [0.25, 0.3) is 0 Å². The topological polar surface area (TPSA) is 53.3 Å². The fourth-order valence-electron chi connectivity index (χ4n) is 0.409. The van der Waals surface area contributed by atoms with Crippen molar-refractivity contribution >= 4 is 7.52 Å². The first kappa shape index (κ1) is 9.64. The van der Waals surface area contributed by atoms with Gasteiger partial charge in [0.2, 0.25) is 0 Å². The summed E-state index contributed by atoms with van der Waals surface area (Å²) in [6.07, 6.45) is 0. The largest absolute Gasteiger partial charge is 0.370 e. The molecule has 0 aliphatic heterocycles. The average Bonchev–Trinajstić information content (AvgIpc) is 1.88. The molecule has 0 saturated carbocycles. The van der Waals surface area contributed by atoms with Crippen molar-refractivity contribution < 1.29 is 9.09 Å². The average molecular weight is 162 g/mol. The van der Waals surface area contributed by atoms with Gasteiger partial charge in [-0.25, -0.2) is 4.67 Å². The van der Waals surface area contributed by atoms with Gasteiger partial charge >= 0.3 is 7.52 Å². The standard InChI is InChI=1S/C5H11N2O2P/c1-4-9-10(8,5-6)7(2)3/h4H2,1-3H3/t10-/m0/s1. The van der Waals surface area contributed by atoms with Gasteiger partial charge in [0.05, 0.1) is 6.61 Å². The number of rotatable bonds is 3. The summed E-state index contributed by atoms with van der Waals surface area (Å²) in [5.41, 5.74) is 0. The minimum absolute atomic E-state index is 0.295. The normalized spacial score (nSPS) is 16.3. The smallest absolute Gasteiger partial charge is 0.307 e. The van der Waals surface area contributed by atoms with Crippen LogP contribution in [0.5, 0.6) is 0 Å². The molecule has 0 aliphatic rings. The molecule has 1 atom stereocenters. The molecule has 0 saturated heterocycles. The molecule has 0 aromatic rings. The van der Waals surface area contributed by atoms with E-state index in [4.69, 9.17) is 9.79 Å². The Balaban J connectivity index is 4.29. The Bertz CT molecular complexity index is 185. The van der Waals surface area contributed by atoms with E-state index < -0.39 is 7.52 Å². The second-order valence-electron chi connectivity index (χ2n) is 1.89. The van der Waals surface area contributed by atoms with Crippen LogP contribution in [0.4, 0.5) is 0 Å². The van der Waals surface area contributed by atoms with Crippen LogP contribution in [0, 0.1) is 11.1 Å². The fraction of sp³-hybridized carbons (Fsp3) is 0.800. The number of hydrogen-bond acceptors (Lipinski definition) is 3. The van der Waals surface area contributed by atoms with Crippen LogP contribution >= 0.6 is 7.52 Å². The second-order valence-corrected chi connectivity index (χ2v) is 4.18. The third kappa shape index (κ3) is 2.11. The molecule has 0 amide bonds. The van der Waals surface area contributed by atoms with E-state index >= 15 is 0 Å². The lowest BCUT2D eigenvalue weighted by atomic mass is 10.9. The van der Waals surface area contributed by atoms with Crippen LogP contribution in [0.1, 0.15) is 6.92 Å². The summed E-state index contributed by atoms with van der Waals surface area (Å²) in [6, 6.07) is 0. The van der Waals surface area contributed by atoms with Crippen LogP contribution in [-0.4, -0.2) is 25.4 Å². The van der Waals surface area contributed by atoms with E-state index in [1.807, 2.05) is 0 Å². The Kier molecular flexibility index (Phi) is 3.59. The lowest BCUT2D eigenvalue weighted by Crippen LogP contribution is -2.09. The van der Waals surface area contributed by atoms with Crippen molar-refractivity contribution in [2.75, 3.05) is 20.7 Å². The van der Waals surface area contributed by atoms with Crippen molar-refractivity contribution in [1.29, 1.82) is 5.26 Å². The number of nitriles is 1. The molecule has 0 aromatic carbocycles. The highest BCUT2D eigenvalue weighted by molar-refractivity contribution is 7.61. The van der Waals surface area contributed by atoms with Crippen LogP contribution in [0.3, 0.4) is 0 Å². The van der Waals surface area contributed by atoms with Gasteiger partial charge in [-0.05, 0) is 21.0 Å². The van der Waals surface area contributed by atoms with Crippen LogP contribution in [0.2, 0.25) is 0 Å². The molecular weight excluding hydrogens is 151 g/mol. The monoisotopic (exact) mass is 162 g/mol. The van der Waals surface area contributed by atoms with Crippen molar-refractivity contribution in [2.45, 2.75) is 6.92 Å². The molecule has 0 N–H and O–H groups in total. The van der Waals surface area contributed by atoms with E-state index in [2.05, 4.69) is 0 Å². The summed E-state index contributed by atoms with van der Waals surface area (Å²) in [6.45, 7) is 2.00. The van der Waals surface area contributed by atoms with Gasteiger partial charge in [0, 0.05) is 0 Å². The van der Waals surface area contributed by atoms with Crippen LogP contribution < -0.4 is 0 Å². The lowest BCUT2D eigenvalue weighted by Gasteiger charge is -2.15. The summed E-state index contributed by atoms with van der Waals surface area (Å²) in [4.78, 5) is 0. The van der Waals surface area contributed by atoms with Gasteiger partial charge in [-0.2, -0.15) is 5.26 Å². The van der Waals surface area contributed by atoms with Crippen molar-refractivity contribution in [3.05, 3.63) is 0 Å². The van der Waals surface area contributed by atoms with E-state index in [-0.39, 0.29) is 0 Å². The fourth-order valence-corrected chi connectivity index (χ4v) is 1.23. The summed E-state index contributed by atoms with van der Waals surface area (Å²) < 4.78 is 17.3. The van der Waals surface area contributed by atoms with Crippen molar-refractivity contribution in [3.8, 4) is 5.81 Å². The highest BCUT2D eigenvalue weighted by atomic mass is 31.2. The van der Waals surface area contributed by atoms with Crippen LogP contribution in [0.15, 0.2) is 0 Å². The Morgan fingerprint density at radius 1 is 1.70 bits per heavy atom. The molecule has 0 heterocycles. The summed E-state index contributed by atoms with van der Waals surface area (Å²) in [5.74, 6) is 1.64. The van der Waals surface area contributed by atoms with Crippen molar-refractivity contribution in [1.82, 2.24) is 4.67 Å². The SMILES string of the molecule is CCO[P@@](=O)(C#N)N(C)C. The van der Waals surface area contributed by atoms with Gasteiger partial charge in [-0.3, -0.25) is 4.57 Å². The Labute approximate surface area is 60.9 Å². The first-order valence-corrected chi connectivity index (χ1v) is 4.48. The maximum absolute atomic E-state index is 11.2. The maximum Gasteiger partial charge on any atom is 0.370 e. The first-order valence-electron chi connectivity index (χ1n) is 2.90. The summed E-state index contributed by atoms with van der Waals surface area (Å²) >= 11 is 0. The van der Waals surface area contributed by atoms with Gasteiger partial charge in [0.25, 0.3) is 0 Å². The highest BCUT2D eigenvalue weighted by Crippen LogP contribution is 2.46. The minimum Gasteiger partial charge on any atom is -0.307 e. The molecule has 0 fully saturated rings. The lowest BCUT2D eigenvalue weighted by molar-refractivity contribution is 0.307. The molecule has 0 rings (SSSR count). The van der Waals surface area contributed by atoms with Gasteiger partial charge in [-0.1, -0.05) is 0 Å². The molecule has 0 unspecified atom stereocenters. The summed E-state index contributed by atoms with van der Waals surface area (Å²) in [5, 5.41) is 8.41. The molecule has 0 aliphatic carbocycles. The zero-order valence-corrected chi connectivity index (χ0v) is 7.26. The van der Waals surface area contributed by atoms with E-state index in [1.165, 1.54) is 4.67 Å². The molecule has 10 heavy (non-hydrogen) atoms. The Morgan fingerprint density at radius 3 is 2.30 bits per heavy atom. The molecule has 0 aromatic heterocycles. The number of hydrogen-bond donors (Lipinski definition) is 0. The second kappa shape index (κ2) is 3.72. The van der Waals surface area contributed by atoms with Crippen LogP contribution in [-0.2, 0) is 9.09 Å². The van der Waals surface area contributed by atoms with Gasteiger partial charge in [-0.15, -0.1) is 0 Å². The molecular formula is C5H11N2O2P. The molecule has 5 heteroatoms. The van der Waals surface area contributed by atoms with E-state index in [1.54, 1.807) is 26.8 Å². The zero-order valence-electron chi connectivity index (χ0n) is 6.37. The van der Waals surface area contributed by atoms with Crippen molar-refractivity contribution in [3.63, 3.8) is 0 Å². The molecule has 0 spiro atoms. The summed E-state index contributed by atoms with van der Waals surface area (Å²) in [7, 11) is -0.0229. The Morgan fingerprint density at radius 2 is 2.20 bits per heavy atom. The quantitative estimate of drug-likeness (QED) is 0.586. The van der Waals surface area contributed by atoms with E-state index in [0.29, 0.717) is 6.61 Å². The van der Waals surface area contributed by atoms with Gasteiger partial charge < -0.3 is 4.52 Å². The Hall–Kier alpha value is -0.360. The third-order valence-electron chi connectivity index (χ3n) is 0.957. The molecule has 4 nitrogen and oxygen atoms in total. The molecule has 0 bridgehead atoms. The predicted octanol–water partition coefficient (Wildman–Crippen LogP) is 1.26. The minimum atomic E-state index is -3.13. The third-order valence-corrected chi connectivity index (χ3v) is 2.87. The molecule has 0 radical (unpaired) electrons. The number of nitrogens with zero attached hydrogens (tertiary/aromatic N) is 2.